The van der Waals surface area contributed by atoms with Crippen molar-refractivity contribution in [1.82, 2.24) is 0 Å². The highest BCUT2D eigenvalue weighted by Crippen LogP contribution is 2.21. The smallest absolute Gasteiger partial charge is 0.258 e. The summed E-state index contributed by atoms with van der Waals surface area (Å²) in [5.74, 6) is 0. The molecule has 0 amide bonds. The molecule has 0 spiro atoms. The van der Waals surface area contributed by atoms with Crippen LogP contribution >= 0.6 is 12.0 Å². The number of nitro groups is 1. The predicted octanol–water partition coefficient (Wildman–Crippen LogP) is 2.02. The molecule has 13 heavy (non-hydrogen) atoms. The van der Waals surface area contributed by atoms with Gasteiger partial charge in [-0.25, -0.2) is 5.26 Å². The predicted molar refractivity (Wildman–Crippen MR) is 43.8 cm³/mol. The minimum absolute atomic E-state index is 0.00531. The van der Waals surface area contributed by atoms with Gasteiger partial charge in [-0.1, -0.05) is 5.04 Å². The summed E-state index contributed by atoms with van der Waals surface area (Å²) in [5.41, 5.74) is -0.00531. The van der Waals surface area contributed by atoms with Crippen molar-refractivity contribution in [2.45, 2.75) is 4.90 Å². The molecule has 1 aromatic carbocycles. The minimum atomic E-state index is -0.502. The summed E-state index contributed by atoms with van der Waals surface area (Å²) < 4.78 is 4.12. The lowest BCUT2D eigenvalue weighted by atomic mass is 10.3. The highest BCUT2D eigenvalue weighted by molar-refractivity contribution is 7.94. The van der Waals surface area contributed by atoms with Crippen LogP contribution in [-0.4, -0.2) is 10.2 Å². The molecule has 1 N–H and O–H groups in total. The van der Waals surface area contributed by atoms with Crippen LogP contribution in [0.1, 0.15) is 0 Å². The maximum Gasteiger partial charge on any atom is 0.269 e. The van der Waals surface area contributed by atoms with Crippen LogP contribution in [0.2, 0.25) is 0 Å². The van der Waals surface area contributed by atoms with Crippen LogP contribution in [0.25, 0.3) is 0 Å². The van der Waals surface area contributed by atoms with Crippen molar-refractivity contribution >= 4 is 17.7 Å². The van der Waals surface area contributed by atoms with E-state index in [0.717, 1.165) is 12.0 Å². The van der Waals surface area contributed by atoms with Crippen LogP contribution in [0, 0.1) is 10.1 Å². The fourth-order valence-electron chi connectivity index (χ4n) is 0.678. The number of rotatable bonds is 4. The summed E-state index contributed by atoms with van der Waals surface area (Å²) in [5, 5.41) is 21.4. The van der Waals surface area contributed by atoms with Gasteiger partial charge in [0.2, 0.25) is 0 Å². The Morgan fingerprint density at radius 1 is 1.38 bits per heavy atom. The van der Waals surface area contributed by atoms with Crippen LogP contribution < -0.4 is 0 Å². The fourth-order valence-corrected chi connectivity index (χ4v) is 1.03. The van der Waals surface area contributed by atoms with Crippen molar-refractivity contribution < 1.29 is 19.6 Å². The monoisotopic (exact) mass is 203 g/mol. The zero-order chi connectivity index (χ0) is 9.68. The number of hydrogen-bond donors (Lipinski definition) is 1. The molecule has 0 atom stereocenters. The molecule has 0 unspecified atom stereocenters. The normalized spacial score (nSPS) is 9.92. The van der Waals surface area contributed by atoms with E-state index in [-0.39, 0.29) is 5.69 Å². The molecule has 0 saturated carbocycles. The first-order valence-corrected chi connectivity index (χ1v) is 3.87. The van der Waals surface area contributed by atoms with E-state index in [0.29, 0.717) is 4.90 Å². The lowest BCUT2D eigenvalue weighted by molar-refractivity contribution is -0.432. The van der Waals surface area contributed by atoms with Crippen molar-refractivity contribution in [3.05, 3.63) is 34.4 Å². The Bertz CT molecular complexity index is 288. The van der Waals surface area contributed by atoms with Gasteiger partial charge in [-0.2, -0.15) is 0 Å². The second-order valence-electron chi connectivity index (χ2n) is 1.98. The van der Waals surface area contributed by atoms with Gasteiger partial charge in [0, 0.05) is 17.0 Å². The number of non-ortho nitro benzene ring substituents is 1. The summed E-state index contributed by atoms with van der Waals surface area (Å²) in [6.07, 6.45) is 0. The van der Waals surface area contributed by atoms with Crippen molar-refractivity contribution in [3.8, 4) is 0 Å². The third-order valence-corrected chi connectivity index (χ3v) is 1.80. The Kier molecular flexibility index (Phi) is 3.65. The number of nitrogens with zero attached hydrogens (tertiary/aromatic N) is 1. The molecule has 0 aromatic heterocycles. The van der Waals surface area contributed by atoms with Crippen LogP contribution in [0.3, 0.4) is 0 Å². The molecular weight excluding hydrogens is 198 g/mol. The first-order chi connectivity index (χ1) is 6.24. The Morgan fingerprint density at radius 3 is 2.46 bits per heavy atom. The van der Waals surface area contributed by atoms with Gasteiger partial charge in [0.15, 0.2) is 0 Å². The first-order valence-electron chi connectivity index (χ1n) is 3.13. The number of hydrogen-bond acceptors (Lipinski definition) is 6. The van der Waals surface area contributed by atoms with Gasteiger partial charge < -0.3 is 0 Å². The van der Waals surface area contributed by atoms with E-state index in [4.69, 9.17) is 5.26 Å². The van der Waals surface area contributed by atoms with E-state index < -0.39 is 4.92 Å². The third kappa shape index (κ3) is 2.99. The molecule has 0 heterocycles. The van der Waals surface area contributed by atoms with Gasteiger partial charge in [0.1, 0.15) is 0 Å². The maximum atomic E-state index is 10.2. The lowest BCUT2D eigenvalue weighted by Gasteiger charge is -1.95. The van der Waals surface area contributed by atoms with Gasteiger partial charge in [-0.3, -0.25) is 10.1 Å². The highest BCUT2D eigenvalue weighted by Gasteiger charge is 2.04. The summed E-state index contributed by atoms with van der Waals surface area (Å²) in [6, 6.07) is 5.59. The Morgan fingerprint density at radius 2 is 2.00 bits per heavy atom. The van der Waals surface area contributed by atoms with Crippen molar-refractivity contribution in [3.63, 3.8) is 0 Å². The van der Waals surface area contributed by atoms with E-state index in [9.17, 15) is 10.1 Å². The Balaban J connectivity index is 2.64. The molecule has 70 valence electrons. The molecular formula is C6H5NO5S. The minimum Gasteiger partial charge on any atom is -0.258 e. The molecule has 7 heteroatoms. The molecule has 0 radical (unpaired) electrons. The van der Waals surface area contributed by atoms with E-state index in [1.54, 1.807) is 0 Å². The lowest BCUT2D eigenvalue weighted by Crippen LogP contribution is -1.86. The standard InChI is InChI=1S/C6H5NO5S/c8-7(9)5-1-3-6(4-2-5)13-12-11-10/h1-4,10H. The summed E-state index contributed by atoms with van der Waals surface area (Å²) in [6.45, 7) is 0. The molecule has 1 aromatic rings. The van der Waals surface area contributed by atoms with Gasteiger partial charge in [-0.05, 0) is 12.1 Å². The third-order valence-electron chi connectivity index (χ3n) is 1.21. The Labute approximate surface area is 77.3 Å². The second-order valence-corrected chi connectivity index (χ2v) is 2.75. The molecule has 0 aliphatic rings. The van der Waals surface area contributed by atoms with Crippen molar-refractivity contribution in [2.24, 2.45) is 0 Å². The van der Waals surface area contributed by atoms with Crippen LogP contribution in [0.15, 0.2) is 29.2 Å². The largest absolute Gasteiger partial charge is 0.269 e. The summed E-state index contributed by atoms with van der Waals surface area (Å²) in [7, 11) is 0. The van der Waals surface area contributed by atoms with E-state index in [2.05, 4.69) is 9.37 Å². The first kappa shape index (κ1) is 9.93. The SMILES string of the molecule is O=[N+]([O-])c1ccc(SOOO)cc1. The van der Waals surface area contributed by atoms with E-state index in [1.807, 2.05) is 0 Å². The zero-order valence-electron chi connectivity index (χ0n) is 6.25. The molecule has 0 bridgehead atoms. The Hall–Kier alpha value is -1.15. The molecule has 0 saturated heterocycles. The topological polar surface area (TPSA) is 81.8 Å². The average molecular weight is 203 g/mol. The maximum absolute atomic E-state index is 10.2. The van der Waals surface area contributed by atoms with Crippen molar-refractivity contribution in [1.29, 1.82) is 0 Å². The summed E-state index contributed by atoms with van der Waals surface area (Å²) in [4.78, 5) is 10.3. The van der Waals surface area contributed by atoms with Crippen LogP contribution in [-0.2, 0) is 9.37 Å². The number of benzene rings is 1. The highest BCUT2D eigenvalue weighted by atomic mass is 32.2. The molecule has 0 aliphatic carbocycles. The van der Waals surface area contributed by atoms with Crippen LogP contribution in [0.4, 0.5) is 5.69 Å². The van der Waals surface area contributed by atoms with Crippen molar-refractivity contribution in [2.75, 3.05) is 0 Å². The zero-order valence-corrected chi connectivity index (χ0v) is 7.06. The molecule has 1 rings (SSSR count). The quantitative estimate of drug-likeness (QED) is 0.349. The average Bonchev–Trinajstić information content (AvgIpc) is 2.15. The second kappa shape index (κ2) is 4.77. The summed E-state index contributed by atoms with van der Waals surface area (Å²) >= 11 is 0.746. The van der Waals surface area contributed by atoms with Gasteiger partial charge in [-0.15, -0.1) is 4.33 Å². The van der Waals surface area contributed by atoms with Gasteiger partial charge in [0.25, 0.3) is 5.69 Å². The molecule has 6 nitrogen and oxygen atoms in total. The van der Waals surface area contributed by atoms with Crippen LogP contribution in [0.5, 0.6) is 0 Å². The van der Waals surface area contributed by atoms with E-state index in [1.165, 1.54) is 24.3 Å². The van der Waals surface area contributed by atoms with Gasteiger partial charge in [0.05, 0.1) is 17.0 Å². The van der Waals surface area contributed by atoms with E-state index >= 15 is 0 Å². The molecule has 0 fully saturated rings. The number of nitro benzene ring substituents is 1. The fraction of sp³-hybridized carbons (Fsp3) is 0. The molecule has 0 aliphatic heterocycles. The van der Waals surface area contributed by atoms with Gasteiger partial charge >= 0.3 is 0 Å².